The van der Waals surface area contributed by atoms with Gasteiger partial charge in [-0.2, -0.15) is 0 Å². The molecule has 2 amide bonds. The minimum Gasteiger partial charge on any atom is -0.468 e. The first-order valence-electron chi connectivity index (χ1n) is 8.57. The molecule has 2 aliphatic rings. The van der Waals surface area contributed by atoms with Crippen molar-refractivity contribution < 1.29 is 14.0 Å². The molecule has 0 radical (unpaired) electrons. The molecular weight excluding hydrogens is 354 g/mol. The average molecular weight is 373 g/mol. The number of thioether (sulfide) groups is 1. The van der Waals surface area contributed by atoms with Gasteiger partial charge in [0.15, 0.2) is 0 Å². The molecule has 0 saturated heterocycles. The lowest BCUT2D eigenvalue weighted by molar-refractivity contribution is -0.139. The first-order chi connectivity index (χ1) is 12.3. The summed E-state index contributed by atoms with van der Waals surface area (Å²) >= 11 is 2.92. The summed E-state index contributed by atoms with van der Waals surface area (Å²) < 4.78 is 5.37. The van der Waals surface area contributed by atoms with Gasteiger partial charge in [0.1, 0.15) is 5.76 Å². The topological polar surface area (TPSA) is 50.5 Å². The standard InChI is InChI=1S/C19H19NO3S2/c21-18-16(15-9-5-11-24-15)17(25-12-14-8-4-10-23-14)19(22)20(18)13-6-2-1-3-7-13/h4-5,8-11,13H,1-3,6-7,12H2. The maximum absolute atomic E-state index is 13.1. The van der Waals surface area contributed by atoms with E-state index in [0.717, 1.165) is 36.3 Å². The Kier molecular flexibility index (Phi) is 4.81. The van der Waals surface area contributed by atoms with Crippen molar-refractivity contribution in [3.63, 3.8) is 0 Å². The van der Waals surface area contributed by atoms with Crippen LogP contribution in [0, 0.1) is 0 Å². The van der Waals surface area contributed by atoms with Crippen LogP contribution in [-0.2, 0) is 15.3 Å². The van der Waals surface area contributed by atoms with E-state index in [-0.39, 0.29) is 17.9 Å². The molecule has 3 heterocycles. The van der Waals surface area contributed by atoms with Gasteiger partial charge in [-0.05, 0) is 36.4 Å². The van der Waals surface area contributed by atoms with Crippen molar-refractivity contribution >= 4 is 40.5 Å². The molecule has 25 heavy (non-hydrogen) atoms. The molecule has 2 aromatic heterocycles. The quantitative estimate of drug-likeness (QED) is 0.714. The van der Waals surface area contributed by atoms with Crippen LogP contribution in [0.2, 0.25) is 0 Å². The summed E-state index contributed by atoms with van der Waals surface area (Å²) in [5.74, 6) is 1.10. The number of hydrogen-bond donors (Lipinski definition) is 0. The summed E-state index contributed by atoms with van der Waals surface area (Å²) in [4.78, 5) is 29.1. The highest BCUT2D eigenvalue weighted by atomic mass is 32.2. The first kappa shape index (κ1) is 16.7. The summed E-state index contributed by atoms with van der Waals surface area (Å²) in [5.41, 5.74) is 0.571. The Morgan fingerprint density at radius 1 is 1.12 bits per heavy atom. The predicted molar refractivity (Wildman–Crippen MR) is 100.0 cm³/mol. The molecule has 4 rings (SSSR count). The van der Waals surface area contributed by atoms with Crippen LogP contribution >= 0.6 is 23.1 Å². The lowest BCUT2D eigenvalue weighted by Crippen LogP contribution is -2.42. The highest BCUT2D eigenvalue weighted by Gasteiger charge is 2.43. The summed E-state index contributed by atoms with van der Waals surface area (Å²) in [7, 11) is 0. The lowest BCUT2D eigenvalue weighted by Gasteiger charge is -2.29. The lowest BCUT2D eigenvalue weighted by atomic mass is 9.94. The van der Waals surface area contributed by atoms with Crippen molar-refractivity contribution in [3.05, 3.63) is 51.5 Å². The maximum Gasteiger partial charge on any atom is 0.268 e. The Labute approximate surface area is 154 Å². The predicted octanol–water partition coefficient (Wildman–Crippen LogP) is 4.69. The van der Waals surface area contributed by atoms with Crippen LogP contribution in [0.4, 0.5) is 0 Å². The second-order valence-electron chi connectivity index (χ2n) is 6.32. The molecule has 0 atom stereocenters. The number of carbonyl (C=O) groups excluding carboxylic acids is 2. The highest BCUT2D eigenvalue weighted by Crippen LogP contribution is 2.41. The summed E-state index contributed by atoms with van der Waals surface area (Å²) in [5, 5.41) is 1.94. The van der Waals surface area contributed by atoms with Gasteiger partial charge in [-0.15, -0.1) is 23.1 Å². The molecule has 0 aromatic carbocycles. The molecule has 1 aliphatic carbocycles. The summed E-state index contributed by atoms with van der Waals surface area (Å²) in [6, 6.07) is 7.61. The third-order valence-electron chi connectivity index (χ3n) is 4.72. The maximum atomic E-state index is 13.1. The zero-order valence-corrected chi connectivity index (χ0v) is 15.4. The zero-order valence-electron chi connectivity index (χ0n) is 13.8. The monoisotopic (exact) mass is 373 g/mol. The number of thiophene rings is 1. The van der Waals surface area contributed by atoms with Crippen molar-refractivity contribution in [2.24, 2.45) is 0 Å². The fourth-order valence-corrected chi connectivity index (χ4v) is 5.35. The Balaban J connectivity index is 1.64. The highest BCUT2D eigenvalue weighted by molar-refractivity contribution is 8.03. The van der Waals surface area contributed by atoms with Gasteiger partial charge in [-0.1, -0.05) is 25.3 Å². The number of rotatable bonds is 5. The number of carbonyl (C=O) groups is 2. The SMILES string of the molecule is O=C1C(SCc2ccco2)=C(c2cccs2)C(=O)N1C1CCCCC1. The second-order valence-corrected chi connectivity index (χ2v) is 8.25. The van der Waals surface area contributed by atoms with Gasteiger partial charge in [0.2, 0.25) is 0 Å². The van der Waals surface area contributed by atoms with E-state index in [1.54, 1.807) is 6.26 Å². The van der Waals surface area contributed by atoms with Crippen molar-refractivity contribution in [1.82, 2.24) is 4.90 Å². The van der Waals surface area contributed by atoms with Crippen molar-refractivity contribution in [2.75, 3.05) is 0 Å². The van der Waals surface area contributed by atoms with Gasteiger partial charge < -0.3 is 4.42 Å². The molecule has 1 saturated carbocycles. The van der Waals surface area contributed by atoms with Crippen LogP contribution in [0.5, 0.6) is 0 Å². The number of amides is 2. The average Bonchev–Trinajstić information content (AvgIpc) is 3.36. The third kappa shape index (κ3) is 3.20. The minimum absolute atomic E-state index is 0.0467. The fraction of sp³-hybridized carbons (Fsp3) is 0.368. The first-order valence-corrected chi connectivity index (χ1v) is 10.4. The normalized spacial score (nSPS) is 19.3. The van der Waals surface area contributed by atoms with E-state index in [1.165, 1.54) is 34.4 Å². The van der Waals surface area contributed by atoms with Crippen LogP contribution in [0.25, 0.3) is 5.57 Å². The fourth-order valence-electron chi connectivity index (χ4n) is 3.51. The van der Waals surface area contributed by atoms with Crippen LogP contribution < -0.4 is 0 Å². The van der Waals surface area contributed by atoms with Crippen molar-refractivity contribution in [1.29, 1.82) is 0 Å². The zero-order chi connectivity index (χ0) is 17.2. The largest absolute Gasteiger partial charge is 0.468 e. The van der Waals surface area contributed by atoms with E-state index < -0.39 is 0 Å². The second kappa shape index (κ2) is 7.22. The van der Waals surface area contributed by atoms with Gasteiger partial charge >= 0.3 is 0 Å². The van der Waals surface area contributed by atoms with Gasteiger partial charge in [0.25, 0.3) is 11.8 Å². The van der Waals surface area contributed by atoms with Crippen LogP contribution in [-0.4, -0.2) is 22.8 Å². The summed E-state index contributed by atoms with van der Waals surface area (Å²) in [6.07, 6.45) is 6.84. The number of nitrogens with zero attached hydrogens (tertiary/aromatic N) is 1. The van der Waals surface area contributed by atoms with E-state index in [1.807, 2.05) is 29.6 Å². The molecule has 2 aromatic rings. The van der Waals surface area contributed by atoms with Crippen molar-refractivity contribution in [2.45, 2.75) is 43.9 Å². The Hall–Kier alpha value is -1.79. The molecule has 1 fully saturated rings. The number of hydrogen-bond acceptors (Lipinski definition) is 5. The van der Waals surface area contributed by atoms with Gasteiger partial charge in [-0.3, -0.25) is 14.5 Å². The molecular formula is C19H19NO3S2. The van der Waals surface area contributed by atoms with E-state index in [4.69, 9.17) is 4.42 Å². The third-order valence-corrected chi connectivity index (χ3v) is 6.70. The molecule has 1 aliphatic heterocycles. The summed E-state index contributed by atoms with van der Waals surface area (Å²) in [6.45, 7) is 0. The number of furan rings is 1. The Bertz CT molecular complexity index is 787. The molecule has 0 spiro atoms. The molecule has 0 N–H and O–H groups in total. The number of imide groups is 1. The van der Waals surface area contributed by atoms with E-state index in [0.29, 0.717) is 16.2 Å². The van der Waals surface area contributed by atoms with Crippen LogP contribution in [0.15, 0.2) is 45.2 Å². The van der Waals surface area contributed by atoms with Crippen molar-refractivity contribution in [3.8, 4) is 0 Å². The van der Waals surface area contributed by atoms with E-state index in [9.17, 15) is 9.59 Å². The van der Waals surface area contributed by atoms with Gasteiger partial charge in [-0.25, -0.2) is 0 Å². The molecule has 130 valence electrons. The van der Waals surface area contributed by atoms with Gasteiger partial charge in [0, 0.05) is 10.9 Å². The van der Waals surface area contributed by atoms with Gasteiger partial charge in [0.05, 0.1) is 22.5 Å². The smallest absolute Gasteiger partial charge is 0.268 e. The molecule has 0 bridgehead atoms. The molecule has 6 heteroatoms. The Morgan fingerprint density at radius 3 is 2.64 bits per heavy atom. The van der Waals surface area contributed by atoms with E-state index >= 15 is 0 Å². The minimum atomic E-state index is -0.128. The molecule has 4 nitrogen and oxygen atoms in total. The van der Waals surface area contributed by atoms with E-state index in [2.05, 4.69) is 0 Å². The van der Waals surface area contributed by atoms with Crippen LogP contribution in [0.1, 0.15) is 42.7 Å². The van der Waals surface area contributed by atoms with Crippen LogP contribution in [0.3, 0.4) is 0 Å². The molecule has 0 unspecified atom stereocenters. The Morgan fingerprint density at radius 2 is 1.96 bits per heavy atom.